The second-order valence-corrected chi connectivity index (χ2v) is 3.59. The number of aromatic nitrogens is 1. The van der Waals surface area contributed by atoms with Crippen molar-refractivity contribution in [2.24, 2.45) is 5.92 Å². The Bertz CT molecular complexity index is 316. The van der Waals surface area contributed by atoms with Crippen LogP contribution >= 0.6 is 0 Å². The van der Waals surface area contributed by atoms with Crippen molar-refractivity contribution in [3.63, 3.8) is 0 Å². The van der Waals surface area contributed by atoms with Crippen molar-refractivity contribution >= 4 is 5.91 Å². The number of oxazole rings is 1. The highest BCUT2D eigenvalue weighted by atomic mass is 16.3. The molecule has 1 aromatic rings. The number of carbonyl (C=O) groups excluding carboxylic acids is 1. The van der Waals surface area contributed by atoms with Gasteiger partial charge in [-0.2, -0.15) is 0 Å². The van der Waals surface area contributed by atoms with Crippen LogP contribution in [0.15, 0.2) is 10.8 Å². The Morgan fingerprint density at radius 2 is 2.20 bits per heavy atom. The molecule has 0 unspecified atom stereocenters. The summed E-state index contributed by atoms with van der Waals surface area (Å²) in [6, 6.07) is 0. The Hall–Kier alpha value is -1.32. The molecule has 1 N–H and O–H groups in total. The van der Waals surface area contributed by atoms with Gasteiger partial charge in [-0.25, -0.2) is 4.98 Å². The molecular formula is C11H18N2O2. The number of nitrogens with one attached hydrogen (secondary N) is 1. The molecule has 0 spiro atoms. The summed E-state index contributed by atoms with van der Waals surface area (Å²) in [5.74, 6) is 0.929. The fraction of sp³-hybridized carbons (Fsp3) is 0.636. The van der Waals surface area contributed by atoms with E-state index in [9.17, 15) is 4.79 Å². The summed E-state index contributed by atoms with van der Waals surface area (Å²) in [6.07, 6.45) is 3.14. The molecule has 0 saturated carbocycles. The minimum Gasteiger partial charge on any atom is -0.446 e. The highest BCUT2D eigenvalue weighted by Gasteiger charge is 2.14. The molecule has 1 aromatic heterocycles. The first-order valence-electron chi connectivity index (χ1n) is 5.35. The Morgan fingerprint density at radius 1 is 1.53 bits per heavy atom. The van der Waals surface area contributed by atoms with Gasteiger partial charge in [0.05, 0.1) is 12.2 Å². The molecule has 0 aliphatic heterocycles. The summed E-state index contributed by atoms with van der Waals surface area (Å²) in [7, 11) is 0. The lowest BCUT2D eigenvalue weighted by Gasteiger charge is -2.11. The van der Waals surface area contributed by atoms with Crippen LogP contribution in [-0.4, -0.2) is 10.9 Å². The van der Waals surface area contributed by atoms with Gasteiger partial charge in [0.15, 0.2) is 6.39 Å². The Balaban J connectivity index is 2.43. The zero-order valence-electron chi connectivity index (χ0n) is 9.54. The topological polar surface area (TPSA) is 55.1 Å². The van der Waals surface area contributed by atoms with E-state index in [1.165, 1.54) is 6.39 Å². The number of nitrogens with zero attached hydrogens (tertiary/aromatic N) is 1. The zero-order chi connectivity index (χ0) is 11.3. The lowest BCUT2D eigenvalue weighted by molar-refractivity contribution is -0.125. The van der Waals surface area contributed by atoms with Gasteiger partial charge in [-0.1, -0.05) is 13.8 Å². The smallest absolute Gasteiger partial charge is 0.223 e. The van der Waals surface area contributed by atoms with E-state index in [1.54, 1.807) is 0 Å². The highest BCUT2D eigenvalue weighted by Crippen LogP contribution is 2.09. The van der Waals surface area contributed by atoms with Crippen molar-refractivity contribution < 1.29 is 9.21 Å². The van der Waals surface area contributed by atoms with Crippen molar-refractivity contribution in [3.05, 3.63) is 17.8 Å². The largest absolute Gasteiger partial charge is 0.446 e. The van der Waals surface area contributed by atoms with Gasteiger partial charge in [0, 0.05) is 5.92 Å². The molecule has 0 radical (unpaired) electrons. The average molecular weight is 210 g/mol. The van der Waals surface area contributed by atoms with E-state index in [-0.39, 0.29) is 11.8 Å². The van der Waals surface area contributed by atoms with E-state index in [0.717, 1.165) is 24.3 Å². The van der Waals surface area contributed by atoms with Crippen LogP contribution in [0.4, 0.5) is 0 Å². The van der Waals surface area contributed by atoms with E-state index < -0.39 is 0 Å². The first-order chi connectivity index (χ1) is 7.19. The minimum absolute atomic E-state index is 0.0933. The molecule has 0 aromatic carbocycles. The number of hydrogen-bond donors (Lipinski definition) is 1. The lowest BCUT2D eigenvalue weighted by Crippen LogP contribution is -2.29. The summed E-state index contributed by atoms with van der Waals surface area (Å²) < 4.78 is 5.14. The quantitative estimate of drug-likeness (QED) is 0.809. The van der Waals surface area contributed by atoms with Crippen molar-refractivity contribution in [1.82, 2.24) is 10.3 Å². The zero-order valence-corrected chi connectivity index (χ0v) is 9.54. The fourth-order valence-corrected chi connectivity index (χ4v) is 1.47. The summed E-state index contributed by atoms with van der Waals surface area (Å²) in [4.78, 5) is 15.6. The first kappa shape index (κ1) is 11.8. The van der Waals surface area contributed by atoms with Gasteiger partial charge >= 0.3 is 0 Å². The summed E-state index contributed by atoms with van der Waals surface area (Å²) in [5.41, 5.74) is 0.833. The van der Waals surface area contributed by atoms with Gasteiger partial charge in [-0.05, 0) is 19.8 Å². The van der Waals surface area contributed by atoms with Crippen molar-refractivity contribution in [3.8, 4) is 0 Å². The normalized spacial score (nSPS) is 10.7. The molecule has 15 heavy (non-hydrogen) atoms. The number of carbonyl (C=O) groups is 1. The molecular weight excluding hydrogens is 192 g/mol. The minimum atomic E-state index is 0.0933. The number of rotatable bonds is 5. The summed E-state index contributed by atoms with van der Waals surface area (Å²) in [6.45, 7) is 6.34. The Labute approximate surface area is 90.1 Å². The molecule has 0 atom stereocenters. The third-order valence-electron chi connectivity index (χ3n) is 2.62. The molecule has 0 aliphatic rings. The maximum Gasteiger partial charge on any atom is 0.223 e. The molecule has 4 nitrogen and oxygen atoms in total. The van der Waals surface area contributed by atoms with E-state index in [0.29, 0.717) is 6.54 Å². The molecule has 0 fully saturated rings. The van der Waals surface area contributed by atoms with E-state index in [1.807, 2.05) is 20.8 Å². The number of aryl methyl sites for hydroxylation is 1. The van der Waals surface area contributed by atoms with Gasteiger partial charge in [-0.15, -0.1) is 0 Å². The van der Waals surface area contributed by atoms with Crippen LogP contribution in [0.2, 0.25) is 0 Å². The van der Waals surface area contributed by atoms with Gasteiger partial charge < -0.3 is 9.73 Å². The predicted molar refractivity (Wildman–Crippen MR) is 57.2 cm³/mol. The monoisotopic (exact) mass is 210 g/mol. The van der Waals surface area contributed by atoms with Crippen LogP contribution < -0.4 is 5.32 Å². The molecule has 84 valence electrons. The SMILES string of the molecule is CCC(CC)C(=O)NCc1ocnc1C. The van der Waals surface area contributed by atoms with E-state index in [2.05, 4.69) is 10.3 Å². The van der Waals surface area contributed by atoms with Crippen LogP contribution in [-0.2, 0) is 11.3 Å². The van der Waals surface area contributed by atoms with Crippen LogP contribution in [0.3, 0.4) is 0 Å². The van der Waals surface area contributed by atoms with Crippen molar-refractivity contribution in [2.45, 2.75) is 40.2 Å². The molecule has 1 heterocycles. The van der Waals surface area contributed by atoms with Gasteiger partial charge in [0.25, 0.3) is 0 Å². The third-order valence-corrected chi connectivity index (χ3v) is 2.62. The maximum absolute atomic E-state index is 11.6. The van der Waals surface area contributed by atoms with E-state index >= 15 is 0 Å². The number of amides is 1. The van der Waals surface area contributed by atoms with Crippen LogP contribution in [0.5, 0.6) is 0 Å². The van der Waals surface area contributed by atoms with Crippen LogP contribution in [0.1, 0.15) is 38.1 Å². The molecule has 0 bridgehead atoms. The summed E-state index contributed by atoms with van der Waals surface area (Å²) >= 11 is 0. The van der Waals surface area contributed by atoms with Gasteiger partial charge in [0.2, 0.25) is 5.91 Å². The van der Waals surface area contributed by atoms with Crippen molar-refractivity contribution in [1.29, 1.82) is 0 Å². The molecule has 1 rings (SSSR count). The van der Waals surface area contributed by atoms with E-state index in [4.69, 9.17) is 4.42 Å². The van der Waals surface area contributed by atoms with Crippen LogP contribution in [0.25, 0.3) is 0 Å². The Kier molecular flexibility index (Phi) is 4.34. The average Bonchev–Trinajstić information content (AvgIpc) is 2.63. The second kappa shape index (κ2) is 5.53. The van der Waals surface area contributed by atoms with Gasteiger partial charge in [-0.3, -0.25) is 4.79 Å². The Morgan fingerprint density at radius 3 is 2.67 bits per heavy atom. The molecule has 4 heteroatoms. The first-order valence-corrected chi connectivity index (χ1v) is 5.35. The lowest BCUT2D eigenvalue weighted by atomic mass is 10.0. The second-order valence-electron chi connectivity index (χ2n) is 3.59. The predicted octanol–water partition coefficient (Wildman–Crippen LogP) is 2.04. The van der Waals surface area contributed by atoms with Gasteiger partial charge in [0.1, 0.15) is 5.76 Å². The molecule has 0 saturated heterocycles. The molecule has 1 amide bonds. The summed E-state index contributed by atoms with van der Waals surface area (Å²) in [5, 5.41) is 2.86. The third kappa shape index (κ3) is 3.08. The van der Waals surface area contributed by atoms with Crippen LogP contribution in [0, 0.1) is 12.8 Å². The number of hydrogen-bond acceptors (Lipinski definition) is 3. The standard InChI is InChI=1S/C11H18N2O2/c1-4-9(5-2)11(14)12-6-10-8(3)13-7-15-10/h7,9H,4-6H2,1-3H3,(H,12,14). The molecule has 0 aliphatic carbocycles. The fourth-order valence-electron chi connectivity index (χ4n) is 1.47. The maximum atomic E-state index is 11.6. The van der Waals surface area contributed by atoms with Crippen molar-refractivity contribution in [2.75, 3.05) is 0 Å². The highest BCUT2D eigenvalue weighted by molar-refractivity contribution is 5.78.